The number of carbonyl (C=O) groups excluding carboxylic acids is 1. The third-order valence-corrected chi connectivity index (χ3v) is 3.21. The maximum atomic E-state index is 11.3. The molecular weight excluding hydrogens is 278 g/mol. The molecule has 0 saturated carbocycles. The lowest BCUT2D eigenvalue weighted by Gasteiger charge is -2.03. The molecule has 0 aliphatic rings. The van der Waals surface area contributed by atoms with Crippen molar-refractivity contribution in [1.29, 1.82) is 0 Å². The average molecular weight is 293 g/mol. The Bertz CT molecular complexity index is 545. The Morgan fingerprint density at radius 3 is 2.85 bits per heavy atom. The fraction of sp³-hybridized carbons (Fsp3) is 0.308. The second-order valence-electron chi connectivity index (χ2n) is 3.89. The minimum atomic E-state index is -0.240. The highest BCUT2D eigenvalue weighted by molar-refractivity contribution is 7.15. The van der Waals surface area contributed by atoms with E-state index in [2.05, 4.69) is 15.5 Å². The van der Waals surface area contributed by atoms with E-state index in [0.717, 1.165) is 10.8 Å². The lowest BCUT2D eigenvalue weighted by Crippen LogP contribution is -2.16. The maximum Gasteiger partial charge on any atom is 0.252 e. The maximum absolute atomic E-state index is 11.3. The van der Waals surface area contributed by atoms with E-state index in [1.165, 1.54) is 18.4 Å². The van der Waals surface area contributed by atoms with Crippen LogP contribution in [0.3, 0.4) is 0 Å². The SMILES string of the molecule is COCC(=O)Nc1nnc(CCOc2ccccc2)s1. The van der Waals surface area contributed by atoms with Crippen molar-refractivity contribution in [3.63, 3.8) is 0 Å². The van der Waals surface area contributed by atoms with Crippen molar-refractivity contribution >= 4 is 22.4 Å². The second kappa shape index (κ2) is 7.56. The Morgan fingerprint density at radius 2 is 2.10 bits per heavy atom. The van der Waals surface area contributed by atoms with Crippen molar-refractivity contribution in [2.24, 2.45) is 0 Å². The summed E-state index contributed by atoms with van der Waals surface area (Å²) in [5.41, 5.74) is 0. The third kappa shape index (κ3) is 4.60. The first-order valence-corrected chi connectivity index (χ1v) is 6.88. The van der Waals surface area contributed by atoms with Crippen LogP contribution in [0.25, 0.3) is 0 Å². The molecule has 1 amide bonds. The van der Waals surface area contributed by atoms with Gasteiger partial charge in [-0.1, -0.05) is 29.5 Å². The van der Waals surface area contributed by atoms with Crippen LogP contribution in [0.5, 0.6) is 5.75 Å². The molecule has 1 N–H and O–H groups in total. The summed E-state index contributed by atoms with van der Waals surface area (Å²) >= 11 is 1.33. The van der Waals surface area contributed by atoms with Gasteiger partial charge in [0.15, 0.2) is 0 Å². The average Bonchev–Trinajstić information content (AvgIpc) is 2.88. The largest absolute Gasteiger partial charge is 0.493 e. The Morgan fingerprint density at radius 1 is 1.30 bits per heavy atom. The van der Waals surface area contributed by atoms with Crippen LogP contribution in [-0.4, -0.2) is 36.4 Å². The monoisotopic (exact) mass is 293 g/mol. The summed E-state index contributed by atoms with van der Waals surface area (Å²) in [6.45, 7) is 0.524. The molecule has 20 heavy (non-hydrogen) atoms. The molecule has 7 heteroatoms. The molecule has 0 saturated heterocycles. The van der Waals surface area contributed by atoms with Crippen LogP contribution in [0, 0.1) is 0 Å². The van der Waals surface area contributed by atoms with Gasteiger partial charge in [0.25, 0.3) is 5.91 Å². The van der Waals surface area contributed by atoms with Gasteiger partial charge in [0.2, 0.25) is 5.13 Å². The summed E-state index contributed by atoms with van der Waals surface area (Å²) in [5.74, 6) is 0.585. The summed E-state index contributed by atoms with van der Waals surface area (Å²) in [6.07, 6.45) is 0.646. The molecule has 1 heterocycles. The van der Waals surface area contributed by atoms with Gasteiger partial charge >= 0.3 is 0 Å². The van der Waals surface area contributed by atoms with Crippen LogP contribution < -0.4 is 10.1 Å². The summed E-state index contributed by atoms with van der Waals surface area (Å²) in [6, 6.07) is 9.58. The number of nitrogens with one attached hydrogen (secondary N) is 1. The van der Waals surface area contributed by atoms with Gasteiger partial charge in [-0.15, -0.1) is 10.2 Å². The molecule has 0 atom stereocenters. The van der Waals surface area contributed by atoms with E-state index in [1.807, 2.05) is 30.3 Å². The molecule has 0 bridgehead atoms. The fourth-order valence-corrected chi connectivity index (χ4v) is 2.20. The highest BCUT2D eigenvalue weighted by atomic mass is 32.1. The van der Waals surface area contributed by atoms with E-state index in [1.54, 1.807) is 0 Å². The molecule has 0 aliphatic carbocycles. The van der Waals surface area contributed by atoms with Gasteiger partial charge < -0.3 is 9.47 Å². The molecule has 0 fully saturated rings. The molecule has 0 spiro atoms. The number of hydrogen-bond donors (Lipinski definition) is 1. The molecule has 1 aromatic carbocycles. The van der Waals surface area contributed by atoms with Gasteiger partial charge in [-0.2, -0.15) is 0 Å². The Hall–Kier alpha value is -1.99. The minimum Gasteiger partial charge on any atom is -0.493 e. The second-order valence-corrected chi connectivity index (χ2v) is 4.96. The van der Waals surface area contributed by atoms with E-state index in [0.29, 0.717) is 18.2 Å². The van der Waals surface area contributed by atoms with Gasteiger partial charge in [-0.05, 0) is 12.1 Å². The number of anilines is 1. The van der Waals surface area contributed by atoms with Gasteiger partial charge in [-0.25, -0.2) is 0 Å². The molecule has 0 radical (unpaired) electrons. The van der Waals surface area contributed by atoms with E-state index in [9.17, 15) is 4.79 Å². The molecular formula is C13H15N3O3S. The van der Waals surface area contributed by atoms with Crippen molar-refractivity contribution in [3.8, 4) is 5.75 Å². The van der Waals surface area contributed by atoms with Crippen LogP contribution in [0.1, 0.15) is 5.01 Å². The minimum absolute atomic E-state index is 0.00598. The van der Waals surface area contributed by atoms with Crippen molar-refractivity contribution in [2.75, 3.05) is 25.6 Å². The summed E-state index contributed by atoms with van der Waals surface area (Å²) < 4.78 is 10.3. The molecule has 2 aromatic rings. The number of amides is 1. The zero-order chi connectivity index (χ0) is 14.2. The number of methoxy groups -OCH3 is 1. The predicted octanol–water partition coefficient (Wildman–Crippen LogP) is 1.74. The van der Waals surface area contributed by atoms with E-state index in [-0.39, 0.29) is 12.5 Å². The zero-order valence-corrected chi connectivity index (χ0v) is 11.9. The molecule has 2 rings (SSSR count). The summed E-state index contributed by atoms with van der Waals surface area (Å²) in [4.78, 5) is 11.3. The first kappa shape index (κ1) is 14.4. The number of rotatable bonds is 7. The standard InChI is InChI=1S/C13H15N3O3S/c1-18-9-11(17)14-13-16-15-12(20-13)7-8-19-10-5-3-2-4-6-10/h2-6H,7-9H2,1H3,(H,14,16,17). The van der Waals surface area contributed by atoms with Crippen LogP contribution in [0.15, 0.2) is 30.3 Å². The van der Waals surface area contributed by atoms with Crippen LogP contribution >= 0.6 is 11.3 Å². The molecule has 106 valence electrons. The fourth-order valence-electron chi connectivity index (χ4n) is 1.46. The van der Waals surface area contributed by atoms with Crippen LogP contribution in [-0.2, 0) is 16.0 Å². The third-order valence-electron chi connectivity index (χ3n) is 2.32. The van der Waals surface area contributed by atoms with Crippen molar-refractivity contribution in [1.82, 2.24) is 10.2 Å². The Kier molecular flexibility index (Phi) is 5.45. The first-order valence-electron chi connectivity index (χ1n) is 6.07. The van der Waals surface area contributed by atoms with Crippen molar-refractivity contribution in [3.05, 3.63) is 35.3 Å². The lowest BCUT2D eigenvalue weighted by atomic mass is 10.3. The lowest BCUT2D eigenvalue weighted by molar-refractivity contribution is -0.119. The molecule has 0 aliphatic heterocycles. The normalized spacial score (nSPS) is 10.2. The van der Waals surface area contributed by atoms with E-state index in [4.69, 9.17) is 9.47 Å². The quantitative estimate of drug-likeness (QED) is 0.842. The number of nitrogens with zero attached hydrogens (tertiary/aromatic N) is 2. The summed E-state index contributed by atoms with van der Waals surface area (Å²) in [7, 11) is 1.46. The molecule has 0 unspecified atom stereocenters. The van der Waals surface area contributed by atoms with E-state index >= 15 is 0 Å². The highest BCUT2D eigenvalue weighted by Crippen LogP contribution is 2.16. The number of ether oxygens (including phenoxy) is 2. The Balaban J connectivity index is 1.77. The number of hydrogen-bond acceptors (Lipinski definition) is 6. The van der Waals surface area contributed by atoms with Crippen molar-refractivity contribution in [2.45, 2.75) is 6.42 Å². The van der Waals surface area contributed by atoms with Crippen LogP contribution in [0.2, 0.25) is 0 Å². The predicted molar refractivity (Wildman–Crippen MR) is 76.1 cm³/mol. The van der Waals surface area contributed by atoms with Gasteiger partial charge in [0.1, 0.15) is 17.4 Å². The topological polar surface area (TPSA) is 73.3 Å². The van der Waals surface area contributed by atoms with Gasteiger partial charge in [-0.3, -0.25) is 10.1 Å². The summed E-state index contributed by atoms with van der Waals surface area (Å²) in [5, 5.41) is 11.8. The number of carbonyl (C=O) groups is 1. The van der Waals surface area contributed by atoms with E-state index < -0.39 is 0 Å². The molecule has 1 aromatic heterocycles. The number of para-hydroxylation sites is 1. The Labute approximate surface area is 120 Å². The number of aromatic nitrogens is 2. The molecule has 6 nitrogen and oxygen atoms in total. The highest BCUT2D eigenvalue weighted by Gasteiger charge is 2.07. The van der Waals surface area contributed by atoms with Gasteiger partial charge in [0, 0.05) is 13.5 Å². The van der Waals surface area contributed by atoms with Crippen LogP contribution in [0.4, 0.5) is 5.13 Å². The first-order chi connectivity index (χ1) is 9.78. The number of benzene rings is 1. The zero-order valence-electron chi connectivity index (χ0n) is 11.0. The smallest absolute Gasteiger partial charge is 0.252 e. The van der Waals surface area contributed by atoms with Gasteiger partial charge in [0.05, 0.1) is 6.61 Å². The van der Waals surface area contributed by atoms with Crippen molar-refractivity contribution < 1.29 is 14.3 Å².